The summed E-state index contributed by atoms with van der Waals surface area (Å²) in [5.74, 6) is 0.272. The van der Waals surface area contributed by atoms with E-state index in [1.807, 2.05) is 13.8 Å². The summed E-state index contributed by atoms with van der Waals surface area (Å²) in [5.41, 5.74) is 7.01. The van der Waals surface area contributed by atoms with Gasteiger partial charge in [-0.3, -0.25) is 0 Å². The van der Waals surface area contributed by atoms with Gasteiger partial charge in [0.15, 0.2) is 0 Å². The molecule has 6 heteroatoms. The molecule has 0 aliphatic heterocycles. The second-order valence-electron chi connectivity index (χ2n) is 4.04. The molecule has 0 unspecified atom stereocenters. The highest BCUT2D eigenvalue weighted by atomic mass is 32.2. The van der Waals surface area contributed by atoms with Gasteiger partial charge in [0.2, 0.25) is 10.0 Å². The van der Waals surface area contributed by atoms with E-state index in [4.69, 9.17) is 10.5 Å². The van der Waals surface area contributed by atoms with Crippen molar-refractivity contribution in [3.63, 3.8) is 0 Å². The number of hydrogen-bond acceptors (Lipinski definition) is 4. The number of benzene rings is 1. The van der Waals surface area contributed by atoms with E-state index in [9.17, 15) is 8.42 Å². The Labute approximate surface area is 108 Å². The zero-order chi connectivity index (χ0) is 13.8. The number of nitrogens with one attached hydrogen (secondary N) is 1. The highest BCUT2D eigenvalue weighted by molar-refractivity contribution is 7.89. The molecule has 0 atom stereocenters. The topological polar surface area (TPSA) is 81.4 Å². The quantitative estimate of drug-likeness (QED) is 0.628. The van der Waals surface area contributed by atoms with Gasteiger partial charge in [-0.2, -0.15) is 0 Å². The normalized spacial score (nSPS) is 11.1. The van der Waals surface area contributed by atoms with Crippen LogP contribution in [0.1, 0.15) is 13.8 Å². The monoisotopic (exact) mass is 270 g/mol. The first-order chi connectivity index (χ1) is 8.36. The molecule has 0 spiro atoms. The maximum Gasteiger partial charge on any atom is 0.244 e. The average molecular weight is 270 g/mol. The second-order valence-corrected chi connectivity index (χ2v) is 5.78. The average Bonchev–Trinajstić information content (AvgIpc) is 2.28. The number of anilines is 1. The van der Waals surface area contributed by atoms with Crippen LogP contribution >= 0.6 is 0 Å². The largest absolute Gasteiger partial charge is 0.495 e. The van der Waals surface area contributed by atoms with Crippen molar-refractivity contribution >= 4 is 15.7 Å². The van der Waals surface area contributed by atoms with E-state index in [2.05, 4.69) is 4.72 Å². The molecule has 18 heavy (non-hydrogen) atoms. The molecule has 0 aliphatic carbocycles. The fraction of sp³-hybridized carbons (Fsp3) is 0.333. The zero-order valence-electron chi connectivity index (χ0n) is 10.7. The lowest BCUT2D eigenvalue weighted by molar-refractivity contribution is 0.402. The molecule has 0 fully saturated rings. The molecule has 1 aromatic rings. The van der Waals surface area contributed by atoms with Crippen molar-refractivity contribution in [2.24, 2.45) is 0 Å². The first-order valence-corrected chi connectivity index (χ1v) is 6.91. The van der Waals surface area contributed by atoms with Gasteiger partial charge in [-0.05, 0) is 32.0 Å². The van der Waals surface area contributed by atoms with Crippen LogP contribution in [0.5, 0.6) is 5.75 Å². The summed E-state index contributed by atoms with van der Waals surface area (Å²) in [4.78, 5) is 0.0483. The molecular weight excluding hydrogens is 252 g/mol. The summed E-state index contributed by atoms with van der Waals surface area (Å²) < 4.78 is 31.6. The van der Waals surface area contributed by atoms with Gasteiger partial charge in [0, 0.05) is 12.2 Å². The molecule has 0 amide bonds. The van der Waals surface area contributed by atoms with Crippen molar-refractivity contribution in [1.82, 2.24) is 4.72 Å². The Morgan fingerprint density at radius 2 is 2.11 bits per heavy atom. The number of nitrogens with two attached hydrogens (primary N) is 1. The predicted molar refractivity (Wildman–Crippen MR) is 72.0 cm³/mol. The third kappa shape index (κ3) is 3.75. The van der Waals surface area contributed by atoms with Crippen molar-refractivity contribution in [3.05, 3.63) is 29.8 Å². The van der Waals surface area contributed by atoms with Crippen LogP contribution in [0.4, 0.5) is 5.69 Å². The van der Waals surface area contributed by atoms with Gasteiger partial charge < -0.3 is 10.5 Å². The molecular formula is C12H18N2O3S. The van der Waals surface area contributed by atoms with Crippen LogP contribution < -0.4 is 15.2 Å². The molecule has 1 rings (SSSR count). The molecule has 0 heterocycles. The van der Waals surface area contributed by atoms with Crippen LogP contribution in [0.25, 0.3) is 0 Å². The van der Waals surface area contributed by atoms with Gasteiger partial charge in [0.05, 0.1) is 7.11 Å². The van der Waals surface area contributed by atoms with Gasteiger partial charge in [0.25, 0.3) is 0 Å². The number of sulfonamides is 1. The summed E-state index contributed by atoms with van der Waals surface area (Å²) in [6.45, 7) is 4.04. The molecule has 5 nitrogen and oxygen atoms in total. The van der Waals surface area contributed by atoms with Crippen LogP contribution in [0.2, 0.25) is 0 Å². The van der Waals surface area contributed by atoms with E-state index in [1.54, 1.807) is 12.1 Å². The lowest BCUT2D eigenvalue weighted by atomic mass is 10.3. The zero-order valence-corrected chi connectivity index (χ0v) is 11.5. The molecule has 0 aliphatic rings. The van der Waals surface area contributed by atoms with E-state index < -0.39 is 10.0 Å². The molecule has 0 saturated carbocycles. The fourth-order valence-corrected chi connectivity index (χ4v) is 2.50. The van der Waals surface area contributed by atoms with Crippen LogP contribution in [0.15, 0.2) is 34.7 Å². The lowest BCUT2D eigenvalue weighted by Gasteiger charge is -2.10. The van der Waals surface area contributed by atoms with Crippen LogP contribution in [0, 0.1) is 0 Å². The van der Waals surface area contributed by atoms with Crippen LogP contribution in [-0.2, 0) is 10.0 Å². The fourth-order valence-electron chi connectivity index (χ4n) is 1.34. The SMILES string of the molecule is COc1ccc(N)cc1S(=O)(=O)NCC=C(C)C. The van der Waals surface area contributed by atoms with Crippen molar-refractivity contribution in [1.29, 1.82) is 0 Å². The number of allylic oxidation sites excluding steroid dienone is 1. The third-order valence-corrected chi connectivity index (χ3v) is 3.71. The van der Waals surface area contributed by atoms with E-state index >= 15 is 0 Å². The standard InChI is InChI=1S/C12H18N2O3S/c1-9(2)6-7-14-18(15,16)12-8-10(13)4-5-11(12)17-3/h4-6,8,14H,7,13H2,1-3H3. The number of rotatable bonds is 5. The highest BCUT2D eigenvalue weighted by Gasteiger charge is 2.18. The Hall–Kier alpha value is -1.53. The Bertz CT molecular complexity index is 546. The molecule has 0 bridgehead atoms. The minimum atomic E-state index is -3.62. The lowest BCUT2D eigenvalue weighted by Crippen LogP contribution is -2.24. The minimum absolute atomic E-state index is 0.0483. The first-order valence-electron chi connectivity index (χ1n) is 5.43. The maximum absolute atomic E-state index is 12.1. The van der Waals surface area contributed by atoms with Crippen LogP contribution in [-0.4, -0.2) is 22.1 Å². The molecule has 0 aromatic heterocycles. The Morgan fingerprint density at radius 1 is 1.44 bits per heavy atom. The smallest absolute Gasteiger partial charge is 0.244 e. The van der Waals surface area contributed by atoms with Crippen molar-refractivity contribution in [3.8, 4) is 5.75 Å². The molecule has 3 N–H and O–H groups in total. The minimum Gasteiger partial charge on any atom is -0.495 e. The highest BCUT2D eigenvalue weighted by Crippen LogP contribution is 2.25. The number of methoxy groups -OCH3 is 1. The Morgan fingerprint density at radius 3 is 2.67 bits per heavy atom. The number of ether oxygens (including phenoxy) is 1. The summed E-state index contributed by atoms with van der Waals surface area (Å²) in [5, 5.41) is 0. The van der Waals surface area contributed by atoms with Crippen molar-refractivity contribution in [2.45, 2.75) is 18.7 Å². The van der Waals surface area contributed by atoms with Gasteiger partial charge in [-0.15, -0.1) is 0 Å². The van der Waals surface area contributed by atoms with Gasteiger partial charge >= 0.3 is 0 Å². The van der Waals surface area contributed by atoms with E-state index in [-0.39, 0.29) is 17.2 Å². The second kappa shape index (κ2) is 5.88. The molecule has 1 aromatic carbocycles. The van der Waals surface area contributed by atoms with Gasteiger partial charge in [-0.1, -0.05) is 11.6 Å². The maximum atomic E-state index is 12.1. The van der Waals surface area contributed by atoms with E-state index in [0.29, 0.717) is 5.69 Å². The van der Waals surface area contributed by atoms with Crippen molar-refractivity contribution in [2.75, 3.05) is 19.4 Å². The first kappa shape index (κ1) is 14.5. The molecule has 0 radical (unpaired) electrons. The number of nitrogen functional groups attached to an aromatic ring is 1. The summed E-state index contributed by atoms with van der Waals surface area (Å²) in [6, 6.07) is 4.50. The summed E-state index contributed by atoms with van der Waals surface area (Å²) in [6.07, 6.45) is 1.79. The predicted octanol–water partition coefficient (Wildman–Crippen LogP) is 1.52. The van der Waals surface area contributed by atoms with Gasteiger partial charge in [-0.25, -0.2) is 13.1 Å². The van der Waals surface area contributed by atoms with E-state index in [0.717, 1.165) is 5.57 Å². The van der Waals surface area contributed by atoms with Crippen molar-refractivity contribution < 1.29 is 13.2 Å². The Balaban J connectivity index is 3.04. The Kier molecular flexibility index (Phi) is 4.75. The third-order valence-electron chi connectivity index (χ3n) is 2.26. The van der Waals surface area contributed by atoms with Crippen LogP contribution in [0.3, 0.4) is 0 Å². The number of hydrogen-bond donors (Lipinski definition) is 2. The molecule has 100 valence electrons. The summed E-state index contributed by atoms with van der Waals surface area (Å²) in [7, 11) is -2.20. The van der Waals surface area contributed by atoms with E-state index in [1.165, 1.54) is 19.2 Å². The molecule has 0 saturated heterocycles. The van der Waals surface area contributed by atoms with Gasteiger partial charge in [0.1, 0.15) is 10.6 Å². The summed E-state index contributed by atoms with van der Waals surface area (Å²) >= 11 is 0.